The molecule has 0 radical (unpaired) electrons. The number of nitrogens with zero attached hydrogens (tertiary/aromatic N) is 1. The molecule has 21 heavy (non-hydrogen) atoms. The minimum atomic E-state index is 0. The highest BCUT2D eigenvalue weighted by Gasteiger charge is 2.09. The summed E-state index contributed by atoms with van der Waals surface area (Å²) in [5.74, 6) is 0. The summed E-state index contributed by atoms with van der Waals surface area (Å²) < 4.78 is 7.55. The van der Waals surface area contributed by atoms with Crippen molar-refractivity contribution in [2.45, 2.75) is 26.4 Å². The molecule has 1 aromatic carbocycles. The van der Waals surface area contributed by atoms with Crippen LogP contribution < -0.4 is 5.32 Å². The van der Waals surface area contributed by atoms with Crippen molar-refractivity contribution in [2.75, 3.05) is 26.4 Å². The van der Waals surface area contributed by atoms with Crippen molar-refractivity contribution in [3.63, 3.8) is 0 Å². The number of hydrogen-bond acceptors (Lipinski definition) is 3. The van der Waals surface area contributed by atoms with Crippen LogP contribution >= 0.6 is 12.4 Å². The van der Waals surface area contributed by atoms with Crippen LogP contribution in [0.25, 0.3) is 10.9 Å². The number of nitrogens with one attached hydrogen (secondary N) is 1. The van der Waals surface area contributed by atoms with E-state index in [0.717, 1.165) is 13.1 Å². The number of benzene rings is 1. The van der Waals surface area contributed by atoms with Gasteiger partial charge in [0.15, 0.2) is 0 Å². The molecule has 0 amide bonds. The standard InChI is InChI=1S/C16H24N2O2.ClH/c1-13(2)18-12-14(11-17-7-9-20-10-8-19)15-5-3-4-6-16(15)18;/h3-6,12-13,17,19H,7-11H2,1-2H3;1H. The molecule has 1 aromatic heterocycles. The molecule has 0 saturated heterocycles. The Bertz CT molecular complexity index is 540. The zero-order valence-corrected chi connectivity index (χ0v) is 13.5. The first-order valence-electron chi connectivity index (χ1n) is 7.21. The highest BCUT2D eigenvalue weighted by Crippen LogP contribution is 2.24. The molecule has 0 bridgehead atoms. The molecule has 0 spiro atoms. The fourth-order valence-electron chi connectivity index (χ4n) is 2.38. The fraction of sp³-hybridized carbons (Fsp3) is 0.500. The Kier molecular flexibility index (Phi) is 7.75. The van der Waals surface area contributed by atoms with Gasteiger partial charge in [0.05, 0.1) is 19.8 Å². The van der Waals surface area contributed by atoms with Gasteiger partial charge in [0.2, 0.25) is 0 Å². The van der Waals surface area contributed by atoms with E-state index in [4.69, 9.17) is 9.84 Å². The van der Waals surface area contributed by atoms with Gasteiger partial charge in [-0.15, -0.1) is 12.4 Å². The molecule has 4 nitrogen and oxygen atoms in total. The van der Waals surface area contributed by atoms with Crippen molar-refractivity contribution >= 4 is 23.3 Å². The third-order valence-electron chi connectivity index (χ3n) is 3.35. The summed E-state index contributed by atoms with van der Waals surface area (Å²) in [5, 5.41) is 13.3. The summed E-state index contributed by atoms with van der Waals surface area (Å²) in [4.78, 5) is 0. The van der Waals surface area contributed by atoms with E-state index in [9.17, 15) is 0 Å². The Balaban J connectivity index is 0.00000220. The minimum Gasteiger partial charge on any atom is -0.394 e. The number of ether oxygens (including phenoxy) is 1. The van der Waals surface area contributed by atoms with E-state index >= 15 is 0 Å². The second kappa shape index (κ2) is 9.05. The fourth-order valence-corrected chi connectivity index (χ4v) is 2.38. The molecule has 118 valence electrons. The lowest BCUT2D eigenvalue weighted by Crippen LogP contribution is -2.19. The number of rotatable bonds is 8. The van der Waals surface area contributed by atoms with E-state index in [1.807, 2.05) is 0 Å². The van der Waals surface area contributed by atoms with E-state index in [0.29, 0.717) is 19.3 Å². The lowest BCUT2D eigenvalue weighted by molar-refractivity contribution is 0.0938. The van der Waals surface area contributed by atoms with E-state index < -0.39 is 0 Å². The number of aliphatic hydroxyl groups is 1. The van der Waals surface area contributed by atoms with Crippen LogP contribution in [0.4, 0.5) is 0 Å². The first-order chi connectivity index (χ1) is 9.74. The molecule has 2 N–H and O–H groups in total. The summed E-state index contributed by atoms with van der Waals surface area (Å²) in [6.07, 6.45) is 2.23. The van der Waals surface area contributed by atoms with Gasteiger partial charge in [0, 0.05) is 36.2 Å². The first-order valence-corrected chi connectivity index (χ1v) is 7.21. The minimum absolute atomic E-state index is 0. The summed E-state index contributed by atoms with van der Waals surface area (Å²) in [6, 6.07) is 8.97. The van der Waals surface area contributed by atoms with Crippen LogP contribution in [-0.4, -0.2) is 36.0 Å². The largest absolute Gasteiger partial charge is 0.394 e. The second-order valence-corrected chi connectivity index (χ2v) is 5.19. The Labute approximate surface area is 132 Å². The first kappa shape index (κ1) is 18.0. The van der Waals surface area contributed by atoms with Crippen molar-refractivity contribution in [3.05, 3.63) is 36.0 Å². The Morgan fingerprint density at radius 2 is 2.00 bits per heavy atom. The number of para-hydroxylation sites is 1. The predicted molar refractivity (Wildman–Crippen MR) is 89.2 cm³/mol. The molecule has 0 aliphatic rings. The molecular formula is C16H25ClN2O2. The highest BCUT2D eigenvalue weighted by molar-refractivity contribution is 5.85. The van der Waals surface area contributed by atoms with Gasteiger partial charge in [-0.3, -0.25) is 0 Å². The molecule has 0 unspecified atom stereocenters. The monoisotopic (exact) mass is 312 g/mol. The lowest BCUT2D eigenvalue weighted by Gasteiger charge is -2.08. The Hall–Kier alpha value is -1.07. The van der Waals surface area contributed by atoms with Crippen LogP contribution in [0.2, 0.25) is 0 Å². The predicted octanol–water partition coefficient (Wildman–Crippen LogP) is 2.74. The van der Waals surface area contributed by atoms with Crippen molar-refractivity contribution in [2.24, 2.45) is 0 Å². The van der Waals surface area contributed by atoms with Crippen LogP contribution in [-0.2, 0) is 11.3 Å². The summed E-state index contributed by atoms with van der Waals surface area (Å²) in [5.41, 5.74) is 2.60. The zero-order valence-electron chi connectivity index (χ0n) is 12.7. The quantitative estimate of drug-likeness (QED) is 0.737. The third-order valence-corrected chi connectivity index (χ3v) is 3.35. The van der Waals surface area contributed by atoms with E-state index in [1.54, 1.807) is 0 Å². The molecule has 2 rings (SSSR count). The van der Waals surface area contributed by atoms with Crippen molar-refractivity contribution in [1.29, 1.82) is 0 Å². The molecule has 0 atom stereocenters. The van der Waals surface area contributed by atoms with Crippen LogP contribution in [0.5, 0.6) is 0 Å². The molecule has 0 saturated carbocycles. The Morgan fingerprint density at radius 3 is 2.71 bits per heavy atom. The van der Waals surface area contributed by atoms with Gasteiger partial charge in [-0.2, -0.15) is 0 Å². The maximum absolute atomic E-state index is 8.63. The SMILES string of the molecule is CC(C)n1cc(CNCCOCCO)c2ccccc21.Cl. The van der Waals surface area contributed by atoms with Gasteiger partial charge >= 0.3 is 0 Å². The zero-order chi connectivity index (χ0) is 14.4. The average Bonchev–Trinajstić information content (AvgIpc) is 2.82. The number of fused-ring (bicyclic) bond motifs is 1. The van der Waals surface area contributed by atoms with Crippen LogP contribution in [0, 0.1) is 0 Å². The molecular weight excluding hydrogens is 288 g/mol. The van der Waals surface area contributed by atoms with Gasteiger partial charge in [-0.25, -0.2) is 0 Å². The lowest BCUT2D eigenvalue weighted by atomic mass is 10.2. The molecule has 1 heterocycles. The number of aromatic nitrogens is 1. The van der Waals surface area contributed by atoms with Crippen molar-refractivity contribution in [3.8, 4) is 0 Å². The van der Waals surface area contributed by atoms with Crippen LogP contribution in [0.3, 0.4) is 0 Å². The van der Waals surface area contributed by atoms with Crippen LogP contribution in [0.1, 0.15) is 25.5 Å². The Morgan fingerprint density at radius 1 is 1.24 bits per heavy atom. The smallest absolute Gasteiger partial charge is 0.0698 e. The van der Waals surface area contributed by atoms with Crippen molar-refractivity contribution < 1.29 is 9.84 Å². The van der Waals surface area contributed by atoms with Crippen molar-refractivity contribution in [1.82, 2.24) is 9.88 Å². The molecule has 5 heteroatoms. The van der Waals surface area contributed by atoms with Gasteiger partial charge in [-0.05, 0) is 25.5 Å². The number of hydrogen-bond donors (Lipinski definition) is 2. The molecule has 0 fully saturated rings. The van der Waals surface area contributed by atoms with Gasteiger partial charge < -0.3 is 19.7 Å². The average molecular weight is 313 g/mol. The van der Waals surface area contributed by atoms with Crippen LogP contribution in [0.15, 0.2) is 30.5 Å². The van der Waals surface area contributed by atoms with E-state index in [2.05, 4.69) is 54.2 Å². The molecule has 0 aliphatic heterocycles. The van der Waals surface area contributed by atoms with Gasteiger partial charge in [0.1, 0.15) is 0 Å². The maximum atomic E-state index is 8.63. The summed E-state index contributed by atoms with van der Waals surface area (Å²) >= 11 is 0. The van der Waals surface area contributed by atoms with Gasteiger partial charge in [0.25, 0.3) is 0 Å². The van der Waals surface area contributed by atoms with E-state index in [-0.39, 0.29) is 19.0 Å². The van der Waals surface area contributed by atoms with Gasteiger partial charge in [-0.1, -0.05) is 18.2 Å². The number of aliphatic hydroxyl groups excluding tert-OH is 1. The summed E-state index contributed by atoms with van der Waals surface area (Å²) in [6.45, 7) is 7.16. The topological polar surface area (TPSA) is 46.4 Å². The maximum Gasteiger partial charge on any atom is 0.0698 e. The summed E-state index contributed by atoms with van der Waals surface area (Å²) in [7, 11) is 0. The van der Waals surface area contributed by atoms with E-state index in [1.165, 1.54) is 16.5 Å². The number of halogens is 1. The molecule has 2 aromatic rings. The molecule has 0 aliphatic carbocycles. The highest BCUT2D eigenvalue weighted by atomic mass is 35.5. The second-order valence-electron chi connectivity index (χ2n) is 5.19. The third kappa shape index (κ3) is 4.71. The normalized spacial score (nSPS) is 11.0.